The van der Waals surface area contributed by atoms with Crippen molar-refractivity contribution in [3.05, 3.63) is 35.4 Å². The molecule has 1 aliphatic carbocycles. The highest BCUT2D eigenvalue weighted by molar-refractivity contribution is 7.99. The van der Waals surface area contributed by atoms with Gasteiger partial charge in [-0.2, -0.15) is 11.8 Å². The van der Waals surface area contributed by atoms with Crippen LogP contribution in [0, 0.1) is 0 Å². The maximum absolute atomic E-state index is 3.77. The highest BCUT2D eigenvalue weighted by atomic mass is 32.2. The minimum Gasteiger partial charge on any atom is -0.309 e. The first-order chi connectivity index (χ1) is 9.20. The van der Waals surface area contributed by atoms with E-state index in [1.54, 1.807) is 0 Å². The van der Waals surface area contributed by atoms with Gasteiger partial charge in [-0.1, -0.05) is 51.0 Å². The van der Waals surface area contributed by atoms with Gasteiger partial charge in [-0.3, -0.25) is 0 Å². The lowest BCUT2D eigenvalue weighted by Gasteiger charge is -2.31. The summed E-state index contributed by atoms with van der Waals surface area (Å²) in [6, 6.07) is 9.80. The molecule has 1 N–H and O–H groups in total. The summed E-state index contributed by atoms with van der Waals surface area (Å²) >= 11 is 2.03. The van der Waals surface area contributed by atoms with E-state index in [0.29, 0.717) is 12.0 Å². The van der Waals surface area contributed by atoms with Gasteiger partial charge in [0.1, 0.15) is 0 Å². The van der Waals surface area contributed by atoms with E-state index in [-0.39, 0.29) is 0 Å². The zero-order chi connectivity index (χ0) is 13.7. The van der Waals surface area contributed by atoms with E-state index in [0.717, 1.165) is 11.8 Å². The molecule has 2 rings (SSSR count). The molecular weight excluding hydrogens is 250 g/mol. The Morgan fingerprint density at radius 1 is 1.16 bits per heavy atom. The molecule has 1 aromatic rings. The molecular formula is C17H27NS. The Kier molecular flexibility index (Phi) is 5.77. The molecule has 1 fully saturated rings. The minimum absolute atomic E-state index is 0.626. The molecule has 2 unspecified atom stereocenters. The van der Waals surface area contributed by atoms with Crippen LogP contribution in [0.4, 0.5) is 0 Å². The molecule has 19 heavy (non-hydrogen) atoms. The van der Waals surface area contributed by atoms with Crippen molar-refractivity contribution in [3.8, 4) is 0 Å². The fourth-order valence-electron chi connectivity index (χ4n) is 2.88. The molecule has 1 saturated carbocycles. The van der Waals surface area contributed by atoms with Gasteiger partial charge in [0.15, 0.2) is 0 Å². The molecule has 2 atom stereocenters. The van der Waals surface area contributed by atoms with Crippen LogP contribution in [0.25, 0.3) is 0 Å². The Hall–Kier alpha value is -0.470. The number of rotatable bonds is 5. The molecule has 0 aromatic heterocycles. The fourth-order valence-corrected chi connectivity index (χ4v) is 3.85. The van der Waals surface area contributed by atoms with Crippen molar-refractivity contribution in [2.75, 3.05) is 6.26 Å². The highest BCUT2D eigenvalue weighted by Crippen LogP contribution is 2.27. The molecule has 1 nitrogen and oxygen atoms in total. The highest BCUT2D eigenvalue weighted by Gasteiger charge is 2.23. The second-order valence-corrected chi connectivity index (χ2v) is 7.02. The minimum atomic E-state index is 0.626. The van der Waals surface area contributed by atoms with Gasteiger partial charge in [0.05, 0.1) is 0 Å². The van der Waals surface area contributed by atoms with Gasteiger partial charge in [0.25, 0.3) is 0 Å². The second-order valence-electron chi connectivity index (χ2n) is 5.94. The molecule has 0 aliphatic heterocycles. The lowest BCUT2D eigenvalue weighted by Crippen LogP contribution is -2.39. The van der Waals surface area contributed by atoms with Crippen LogP contribution in [-0.2, 0) is 6.54 Å². The maximum atomic E-state index is 3.77. The van der Waals surface area contributed by atoms with Crippen molar-refractivity contribution < 1.29 is 0 Å². The Morgan fingerprint density at radius 2 is 1.84 bits per heavy atom. The van der Waals surface area contributed by atoms with Gasteiger partial charge in [-0.15, -0.1) is 0 Å². The Bertz CT molecular complexity index is 371. The van der Waals surface area contributed by atoms with Gasteiger partial charge >= 0.3 is 0 Å². The normalized spacial score (nSPS) is 23.8. The molecule has 0 saturated heterocycles. The number of thioether (sulfide) groups is 1. The van der Waals surface area contributed by atoms with Gasteiger partial charge in [-0.25, -0.2) is 0 Å². The molecule has 1 aliphatic rings. The number of nitrogens with one attached hydrogen (secondary N) is 1. The third-order valence-electron chi connectivity index (χ3n) is 4.22. The van der Waals surface area contributed by atoms with E-state index >= 15 is 0 Å². The summed E-state index contributed by atoms with van der Waals surface area (Å²) in [5.41, 5.74) is 2.85. The summed E-state index contributed by atoms with van der Waals surface area (Å²) in [5.74, 6) is 0.626. The Morgan fingerprint density at radius 3 is 2.47 bits per heavy atom. The van der Waals surface area contributed by atoms with Gasteiger partial charge in [-0.05, 0) is 36.1 Å². The van der Waals surface area contributed by atoms with Crippen molar-refractivity contribution in [1.82, 2.24) is 5.32 Å². The lowest BCUT2D eigenvalue weighted by atomic mass is 9.94. The number of benzene rings is 1. The van der Waals surface area contributed by atoms with E-state index in [9.17, 15) is 0 Å². The van der Waals surface area contributed by atoms with E-state index < -0.39 is 0 Å². The van der Waals surface area contributed by atoms with Crippen LogP contribution in [0.3, 0.4) is 0 Å². The predicted octanol–water partition coefficient (Wildman–Crippen LogP) is 4.57. The predicted molar refractivity (Wildman–Crippen MR) is 86.9 cm³/mol. The van der Waals surface area contributed by atoms with Crippen LogP contribution >= 0.6 is 11.8 Å². The molecule has 0 bridgehead atoms. The van der Waals surface area contributed by atoms with E-state index in [1.165, 1.54) is 36.8 Å². The first kappa shape index (κ1) is 14.9. The van der Waals surface area contributed by atoms with Crippen molar-refractivity contribution in [3.63, 3.8) is 0 Å². The third kappa shape index (κ3) is 4.25. The smallest absolute Gasteiger partial charge is 0.0208 e. The summed E-state index contributed by atoms with van der Waals surface area (Å²) < 4.78 is 0. The average molecular weight is 277 g/mol. The summed E-state index contributed by atoms with van der Waals surface area (Å²) in [6.07, 6.45) is 7.77. The van der Waals surface area contributed by atoms with Crippen molar-refractivity contribution >= 4 is 11.8 Å². The van der Waals surface area contributed by atoms with Crippen LogP contribution in [0.1, 0.15) is 56.6 Å². The SMILES string of the molecule is CSC1CCCCC1NCc1ccc(C(C)C)cc1. The zero-order valence-corrected chi connectivity index (χ0v) is 13.3. The topological polar surface area (TPSA) is 12.0 Å². The van der Waals surface area contributed by atoms with E-state index in [4.69, 9.17) is 0 Å². The average Bonchev–Trinajstić information content (AvgIpc) is 2.45. The van der Waals surface area contributed by atoms with Crippen molar-refractivity contribution in [2.24, 2.45) is 0 Å². The summed E-state index contributed by atoms with van der Waals surface area (Å²) in [7, 11) is 0. The standard InChI is InChI=1S/C17H27NS/c1-13(2)15-10-8-14(9-11-15)12-18-16-6-4-5-7-17(16)19-3/h8-11,13,16-18H,4-7,12H2,1-3H3. The molecule has 0 heterocycles. The van der Waals surface area contributed by atoms with E-state index in [1.807, 2.05) is 11.8 Å². The van der Waals surface area contributed by atoms with Gasteiger partial charge in [0.2, 0.25) is 0 Å². The van der Waals surface area contributed by atoms with E-state index in [2.05, 4.69) is 49.7 Å². The molecule has 106 valence electrons. The van der Waals surface area contributed by atoms with Crippen LogP contribution < -0.4 is 5.32 Å². The quantitative estimate of drug-likeness (QED) is 0.846. The lowest BCUT2D eigenvalue weighted by molar-refractivity contribution is 0.383. The monoisotopic (exact) mass is 277 g/mol. The van der Waals surface area contributed by atoms with Crippen LogP contribution in [0.2, 0.25) is 0 Å². The second kappa shape index (κ2) is 7.35. The summed E-state index contributed by atoms with van der Waals surface area (Å²) in [4.78, 5) is 0. The van der Waals surface area contributed by atoms with Crippen LogP contribution in [-0.4, -0.2) is 17.5 Å². The van der Waals surface area contributed by atoms with Crippen LogP contribution in [0.15, 0.2) is 24.3 Å². The third-order valence-corrected chi connectivity index (χ3v) is 5.39. The fraction of sp³-hybridized carbons (Fsp3) is 0.647. The van der Waals surface area contributed by atoms with Crippen molar-refractivity contribution in [2.45, 2.75) is 63.3 Å². The molecule has 0 radical (unpaired) electrons. The van der Waals surface area contributed by atoms with Crippen molar-refractivity contribution in [1.29, 1.82) is 0 Å². The molecule has 2 heteroatoms. The zero-order valence-electron chi connectivity index (χ0n) is 12.5. The molecule has 1 aromatic carbocycles. The molecule has 0 spiro atoms. The molecule has 0 amide bonds. The van der Waals surface area contributed by atoms with Gasteiger partial charge < -0.3 is 5.32 Å². The first-order valence-corrected chi connectivity index (χ1v) is 8.84. The van der Waals surface area contributed by atoms with Gasteiger partial charge in [0, 0.05) is 17.8 Å². The number of hydrogen-bond acceptors (Lipinski definition) is 2. The first-order valence-electron chi connectivity index (χ1n) is 7.55. The Labute approximate surface area is 122 Å². The maximum Gasteiger partial charge on any atom is 0.0208 e. The largest absolute Gasteiger partial charge is 0.309 e. The van der Waals surface area contributed by atoms with Crippen LogP contribution in [0.5, 0.6) is 0 Å². The summed E-state index contributed by atoms with van der Waals surface area (Å²) in [6.45, 7) is 5.51. The number of hydrogen-bond donors (Lipinski definition) is 1. The Balaban J connectivity index is 1.87. The summed E-state index contributed by atoms with van der Waals surface area (Å²) in [5, 5.41) is 4.58.